The topological polar surface area (TPSA) is 215 Å². The van der Waals surface area contributed by atoms with Gasteiger partial charge in [0.25, 0.3) is 23.5 Å². The summed E-state index contributed by atoms with van der Waals surface area (Å²) < 4.78 is 8.18. The van der Waals surface area contributed by atoms with Gasteiger partial charge >= 0.3 is 0 Å². The highest BCUT2D eigenvalue weighted by molar-refractivity contribution is 6.23. The summed E-state index contributed by atoms with van der Waals surface area (Å²) in [5.74, 6) is -0.211. The molecular formula is C52H57N13O6. The maximum atomic E-state index is 13.5. The molecule has 6 aromatic rings. The molecule has 366 valence electrons. The maximum Gasteiger partial charge on any atom is 0.293 e. The second kappa shape index (κ2) is 17.8. The molecule has 2 N–H and O–H groups in total. The minimum absolute atomic E-state index is 0.0276. The maximum absolute atomic E-state index is 13.5. The number of hydrogen-bond acceptors (Lipinski definition) is 14. The van der Waals surface area contributed by atoms with Gasteiger partial charge in [0.2, 0.25) is 11.8 Å². The van der Waals surface area contributed by atoms with Crippen LogP contribution >= 0.6 is 0 Å². The Morgan fingerprint density at radius 1 is 0.944 bits per heavy atom. The van der Waals surface area contributed by atoms with Crippen molar-refractivity contribution >= 4 is 40.9 Å². The van der Waals surface area contributed by atoms with Crippen LogP contribution in [-0.2, 0) is 21.5 Å². The minimum Gasteiger partial charge on any atom is -0.493 e. The Morgan fingerprint density at radius 3 is 2.41 bits per heavy atom. The Morgan fingerprint density at radius 2 is 1.70 bits per heavy atom. The number of carbonyl (C=O) groups excluding carboxylic acids is 5. The van der Waals surface area contributed by atoms with E-state index in [9.17, 15) is 24.0 Å². The van der Waals surface area contributed by atoms with Crippen LogP contribution in [-0.4, -0.2) is 124 Å². The van der Waals surface area contributed by atoms with E-state index in [2.05, 4.69) is 59.1 Å². The third kappa shape index (κ3) is 8.69. The van der Waals surface area contributed by atoms with E-state index in [0.29, 0.717) is 23.8 Å². The number of likely N-dealkylation sites (tertiary alicyclic amines) is 1. The fourth-order valence-electron chi connectivity index (χ4n) is 11.0. The van der Waals surface area contributed by atoms with Crippen molar-refractivity contribution in [2.24, 2.45) is 11.3 Å². The summed E-state index contributed by atoms with van der Waals surface area (Å²) >= 11 is 0. The number of pyridine rings is 1. The van der Waals surface area contributed by atoms with Gasteiger partial charge in [-0.15, -0.1) is 10.2 Å². The molecule has 1 spiro atoms. The van der Waals surface area contributed by atoms with Gasteiger partial charge < -0.3 is 19.9 Å². The lowest BCUT2D eigenvalue weighted by Crippen LogP contribution is -2.54. The predicted molar refractivity (Wildman–Crippen MR) is 260 cm³/mol. The van der Waals surface area contributed by atoms with Crippen molar-refractivity contribution in [2.75, 3.05) is 44.2 Å². The number of aryl methyl sites for hydroxylation is 1. The van der Waals surface area contributed by atoms with Gasteiger partial charge in [-0.1, -0.05) is 12.1 Å². The van der Waals surface area contributed by atoms with E-state index in [-0.39, 0.29) is 41.6 Å². The van der Waals surface area contributed by atoms with Crippen molar-refractivity contribution in [1.82, 2.24) is 60.2 Å². The molecule has 3 saturated heterocycles. The smallest absolute Gasteiger partial charge is 0.293 e. The summed E-state index contributed by atoms with van der Waals surface area (Å²) in [7, 11) is 0. The Hall–Kier alpha value is -7.41. The third-order valence-corrected chi connectivity index (χ3v) is 15.1. The summed E-state index contributed by atoms with van der Waals surface area (Å²) in [6.07, 6.45) is 10.7. The van der Waals surface area contributed by atoms with Crippen molar-refractivity contribution in [3.63, 3.8) is 0 Å². The molecule has 9 heterocycles. The van der Waals surface area contributed by atoms with Crippen LogP contribution in [0.25, 0.3) is 28.0 Å². The van der Waals surface area contributed by atoms with Gasteiger partial charge in [-0.3, -0.25) is 34.2 Å². The van der Waals surface area contributed by atoms with E-state index in [1.54, 1.807) is 18.3 Å². The number of imide groups is 2. The lowest BCUT2D eigenvalue weighted by Gasteiger charge is -2.45. The summed E-state index contributed by atoms with van der Waals surface area (Å²) in [5, 5.41) is 22.1. The van der Waals surface area contributed by atoms with Crippen LogP contribution in [0.1, 0.15) is 120 Å². The average molecular weight is 960 g/mol. The van der Waals surface area contributed by atoms with E-state index in [0.717, 1.165) is 120 Å². The Labute approximate surface area is 410 Å². The molecule has 2 atom stereocenters. The lowest BCUT2D eigenvalue weighted by molar-refractivity contribution is -0.136. The summed E-state index contributed by atoms with van der Waals surface area (Å²) in [4.78, 5) is 81.8. The fourth-order valence-corrected chi connectivity index (χ4v) is 11.0. The van der Waals surface area contributed by atoms with E-state index < -0.39 is 35.2 Å². The first-order valence-corrected chi connectivity index (χ1v) is 24.6. The molecule has 0 saturated carbocycles. The van der Waals surface area contributed by atoms with Crippen molar-refractivity contribution in [1.29, 1.82) is 0 Å². The molecule has 0 bridgehead atoms. The first-order chi connectivity index (χ1) is 34.1. The number of ether oxygens (including phenoxy) is 1. The monoisotopic (exact) mass is 959 g/mol. The van der Waals surface area contributed by atoms with Crippen LogP contribution in [0.4, 0.5) is 5.82 Å². The third-order valence-electron chi connectivity index (χ3n) is 15.1. The normalized spacial score (nSPS) is 20.0. The quantitative estimate of drug-likeness (QED) is 0.175. The van der Waals surface area contributed by atoms with E-state index in [1.807, 2.05) is 69.7 Å². The molecule has 1 unspecified atom stereocenters. The standard InChI is InChI=1S/C52H57N13O6/c1-30-22-33(6-8-36(30)31(2)55-48(68)46-58-60-65(59-46)51(3,4)5)45-40-12-17-54-63(40)28-39(56-45)34-7-10-43(53-26-34)62-18-13-32(14-19-62)27-61-20-15-52(16-21-61)25-35-23-37-38(24-42(35)71-29-52)50(70)64(49(37)69)41-9-11-44(66)57-47(41)67/h6-8,10,12,17,22-24,26,28,31-32,41H,9,11,13-16,18-21,25,27,29H2,1-5H3,(H,55,68)(H,57,66,67)/t31-,41?/m1/s1. The second-order valence-electron chi connectivity index (χ2n) is 21.0. The number of anilines is 1. The number of rotatable bonds is 9. The highest BCUT2D eigenvalue weighted by atomic mass is 16.5. The van der Waals surface area contributed by atoms with Gasteiger partial charge in [0.1, 0.15) is 17.6 Å². The molecule has 2 aromatic carbocycles. The number of carbonyl (C=O) groups is 5. The van der Waals surface area contributed by atoms with Crippen LogP contribution < -0.4 is 20.3 Å². The molecule has 71 heavy (non-hydrogen) atoms. The van der Waals surface area contributed by atoms with Crippen molar-refractivity contribution in [3.05, 3.63) is 101 Å². The zero-order chi connectivity index (χ0) is 49.3. The molecule has 19 heteroatoms. The van der Waals surface area contributed by atoms with Crippen molar-refractivity contribution < 1.29 is 28.7 Å². The number of piperidine rings is 3. The van der Waals surface area contributed by atoms with Crippen molar-refractivity contribution in [3.8, 4) is 28.3 Å². The Kier molecular flexibility index (Phi) is 11.5. The average Bonchev–Trinajstić information content (AvgIpc) is 4.11. The van der Waals surface area contributed by atoms with Crippen LogP contribution in [0.5, 0.6) is 5.75 Å². The van der Waals surface area contributed by atoms with Crippen LogP contribution in [0.2, 0.25) is 0 Å². The van der Waals surface area contributed by atoms with Gasteiger partial charge in [-0.25, -0.2) is 14.5 Å². The van der Waals surface area contributed by atoms with E-state index in [1.165, 1.54) is 4.80 Å². The van der Waals surface area contributed by atoms with Crippen molar-refractivity contribution in [2.45, 2.75) is 97.2 Å². The summed E-state index contributed by atoms with van der Waals surface area (Å²) in [6.45, 7) is 15.2. The van der Waals surface area contributed by atoms with Crippen LogP contribution in [0, 0.1) is 18.3 Å². The van der Waals surface area contributed by atoms with Crippen LogP contribution in [0.3, 0.4) is 0 Å². The zero-order valence-corrected chi connectivity index (χ0v) is 40.6. The summed E-state index contributed by atoms with van der Waals surface area (Å²) in [5.41, 5.74) is 7.27. The second-order valence-corrected chi connectivity index (χ2v) is 21.0. The van der Waals surface area contributed by atoms with Gasteiger partial charge in [0, 0.05) is 48.8 Å². The number of benzene rings is 2. The number of hydrogen-bond donors (Lipinski definition) is 2. The molecule has 0 radical (unpaired) electrons. The van der Waals surface area contributed by atoms with Gasteiger partial charge in [-0.05, 0) is 150 Å². The molecule has 5 amide bonds. The van der Waals surface area contributed by atoms with E-state index >= 15 is 0 Å². The minimum atomic E-state index is -0.996. The Bertz CT molecular complexity index is 3120. The lowest BCUT2D eigenvalue weighted by atomic mass is 9.72. The van der Waals surface area contributed by atoms with Gasteiger partial charge in [0.15, 0.2) is 0 Å². The van der Waals surface area contributed by atoms with E-state index in [4.69, 9.17) is 14.7 Å². The predicted octanol–water partition coefficient (Wildman–Crippen LogP) is 5.33. The van der Waals surface area contributed by atoms with Gasteiger partial charge in [-0.2, -0.15) is 9.90 Å². The number of amides is 5. The largest absolute Gasteiger partial charge is 0.493 e. The van der Waals surface area contributed by atoms with Gasteiger partial charge in [0.05, 0.1) is 58.6 Å². The SMILES string of the molecule is Cc1cc(-c2nc(-c3ccc(N4CCC(CN5CCC6(CC5)COc5cc7c(cc5C6)C(=O)N(C5CCC(=O)NC5=O)C7=O)CC4)nc3)cn3nccc23)ccc1[C@@H](C)NC(=O)c1nnn(C(C)(C)C)n1. The fraction of sp³-hybridized carbons (Fsp3) is 0.442. The molecule has 3 fully saturated rings. The molecule has 4 aromatic heterocycles. The molecule has 5 aliphatic rings. The first-order valence-electron chi connectivity index (χ1n) is 24.6. The summed E-state index contributed by atoms with van der Waals surface area (Å²) in [6, 6.07) is 14.4. The molecular weight excluding hydrogens is 903 g/mol. The number of fused-ring (bicyclic) bond motifs is 3. The molecule has 11 rings (SSSR count). The Balaban J connectivity index is 0.685. The molecule has 19 nitrogen and oxygen atoms in total. The zero-order valence-electron chi connectivity index (χ0n) is 40.6. The number of tetrazole rings is 1. The van der Waals surface area contributed by atoms with Crippen LogP contribution in [0.15, 0.2) is 67.1 Å². The highest BCUT2D eigenvalue weighted by Gasteiger charge is 2.47. The first kappa shape index (κ1) is 46.0. The number of nitrogens with one attached hydrogen (secondary N) is 2. The highest BCUT2D eigenvalue weighted by Crippen LogP contribution is 2.44. The molecule has 5 aliphatic heterocycles. The molecule has 0 aliphatic carbocycles. The number of nitrogens with zero attached hydrogens (tertiary/aromatic N) is 11. The number of aromatic nitrogens is 8.